The molecule has 0 aromatic heterocycles. The predicted molar refractivity (Wildman–Crippen MR) is 567 cm³/mol. The lowest BCUT2D eigenvalue weighted by atomic mass is 10.0. The summed E-state index contributed by atoms with van der Waals surface area (Å²) in [5.41, 5.74) is 54.3. The van der Waals surface area contributed by atoms with Crippen LogP contribution < -0.4 is 64.8 Å². The minimum Gasteiger partial charge on any atom is -0.497 e. The van der Waals surface area contributed by atoms with Crippen LogP contribution in [-0.4, -0.2) is 323 Å². The van der Waals surface area contributed by atoms with Crippen molar-refractivity contribution >= 4 is 64.3 Å². The van der Waals surface area contributed by atoms with Crippen LogP contribution in [0.1, 0.15) is 189 Å². The normalized spacial score (nSPS) is 19.5. The lowest BCUT2D eigenvalue weighted by Gasteiger charge is -2.30. The minimum atomic E-state index is -1.08. The number of hydrogen-bond donors (Lipinski definition) is 16. The SMILES string of the molecule is COc1ccc([C@H](O)[C@@H](N)C(=O)N2CCCC2)cc1.COc1ccc([C@H](O)[C@@H](N)CN2CCCC2)cc1.Cc1ccc([C@H](O)[C@@H](N)C(=O)N2CCCC2)cc1.N[C@@H](C(=O)N1CCCC1)[C@@H](O)c1ccc(Cl)c(Cl)c1.N[C@@H](C(=O)N1CCCC1)[C@@H](O)c1ccc(Cl)cc1.N[C@@H](C(=O)N1CCCC1)[C@@H](O)c1ccccc1.N[C@@H](CN1CCCC1)[C@@H](O)c1ccc2c(c1)OCCO2.N[C@H](CN1CCOCC1)[C@H](O)c1ccccc1. The Morgan fingerprint density at radius 1 is 0.288 bits per heavy atom. The molecule has 8 saturated heterocycles. The fourth-order valence-corrected chi connectivity index (χ4v) is 18.8. The fraction of sp³-hybridized carbons (Fsp3) is 0.514. The largest absolute Gasteiger partial charge is 0.497 e. The first kappa shape index (κ1) is 118. The van der Waals surface area contributed by atoms with E-state index in [1.165, 1.54) is 31.7 Å². The number of aliphatic hydroxyl groups is 8. The Morgan fingerprint density at radius 2 is 0.541 bits per heavy atom. The Kier molecular flexibility index (Phi) is 49.8. The summed E-state index contributed by atoms with van der Waals surface area (Å²) in [6, 6.07) is 52.1. The van der Waals surface area contributed by atoms with Crippen LogP contribution in [-0.2, 0) is 28.7 Å². The van der Waals surface area contributed by atoms with Gasteiger partial charge in [0.1, 0.15) is 85.4 Å². The number of nitrogens with two attached hydrogens (primary N) is 8. The van der Waals surface area contributed by atoms with Crippen molar-refractivity contribution in [3.05, 3.63) is 259 Å². The van der Waals surface area contributed by atoms with Crippen molar-refractivity contribution in [2.45, 2.75) is 194 Å². The van der Waals surface area contributed by atoms with Gasteiger partial charge in [-0.05, 0) is 228 Å². The first-order valence-corrected chi connectivity index (χ1v) is 52.1. The number of hydrogen-bond acceptors (Lipinski definition) is 29. The van der Waals surface area contributed by atoms with E-state index in [1.807, 2.05) is 122 Å². The summed E-state index contributed by atoms with van der Waals surface area (Å²) in [5, 5.41) is 82.7. The van der Waals surface area contributed by atoms with Gasteiger partial charge in [-0.3, -0.25) is 28.9 Å². The minimum absolute atomic E-state index is 0.152. The highest BCUT2D eigenvalue weighted by atomic mass is 35.5. The number of nitrogens with zero attached hydrogens (tertiary/aromatic N) is 8. The molecule has 0 saturated carbocycles. The number of carbonyl (C=O) groups excluding carboxylic acids is 5. The highest BCUT2D eigenvalue weighted by Gasteiger charge is 2.37. The fourth-order valence-electron chi connectivity index (χ4n) is 18.4. The lowest BCUT2D eigenvalue weighted by molar-refractivity contribution is -0.135. The number of carbonyl (C=O) groups is 5. The van der Waals surface area contributed by atoms with Gasteiger partial charge >= 0.3 is 0 Å². The zero-order valence-electron chi connectivity index (χ0n) is 84.4. The zero-order chi connectivity index (χ0) is 105. The molecule has 37 heteroatoms. The van der Waals surface area contributed by atoms with Crippen LogP contribution in [0.2, 0.25) is 15.1 Å². The molecule has 800 valence electrons. The van der Waals surface area contributed by atoms with Crippen LogP contribution in [0.3, 0.4) is 0 Å². The van der Waals surface area contributed by atoms with Crippen molar-refractivity contribution < 1.29 is 88.5 Å². The average molecular weight is 2080 g/mol. The van der Waals surface area contributed by atoms with Gasteiger partial charge in [-0.2, -0.15) is 0 Å². The standard InChI is InChI=1S/C15H22N2O3.C14H20N2O3.C14H22N2O2.C14H20N2O2.C13H16Cl2N2O2.C13H17ClN2O2.C13H18N2O2.C13H20N2O2/c16-12(10-17-5-1-2-6-17)15(18)11-3-4-13-14(9-11)20-8-7-19-13;1-19-11-6-4-10(5-7-11)13(17)12(15)14(18)16-8-2-3-9-16;1-18-12-6-4-11(5-7-12)14(17)13(15)10-16-8-2-3-9-16;1-10-4-6-11(7-5-10)13(17)12(15)14(18)16-8-2-3-9-16;14-9-4-3-8(7-10(9)15)12(18)11(16)13(19)17-5-1-2-6-17;14-10-5-3-9(4-6-10)12(17)11(15)13(18)16-7-1-2-8-16;14-11(13(17)15-8-4-5-9-15)12(16)10-6-2-1-3-7-10;14-12(10-15-6-8-17-9-7-15)13(16)11-4-2-1-3-5-11/h3-4,9,12,15,18H,1-2,5-8,10,16H2;4-7,12-13,17H,2-3,8-9,15H2,1H3;4-7,13-14,17H,2-3,8-10,15H2,1H3;4-7,12-13,17H,2-3,8-9,15H2,1H3;3-4,7,11-12,18H,1-2,5-6,16H2;3-6,11-12,17H,1-2,7-8,15H2;1-3,6-7,11-12,16H,4-5,8-9,14H2;1-5,12-13,16H,6-10,14H2/t12-,15-;12-,13+;13-,14-;12-,13+;3*11-,12+;12-,13-/m01011111/s1. The van der Waals surface area contributed by atoms with Crippen molar-refractivity contribution in [1.29, 1.82) is 0 Å². The first-order chi connectivity index (χ1) is 70.2. The van der Waals surface area contributed by atoms with E-state index >= 15 is 0 Å². The molecule has 8 aromatic carbocycles. The Bertz CT molecular complexity index is 5080. The number of benzene rings is 8. The van der Waals surface area contributed by atoms with Crippen molar-refractivity contribution in [3.8, 4) is 23.0 Å². The van der Waals surface area contributed by atoms with E-state index < -0.39 is 79.0 Å². The average Bonchev–Trinajstić information content (AvgIpc) is 1.70. The smallest absolute Gasteiger partial charge is 0.242 e. The number of morpholine rings is 1. The molecule has 24 N–H and O–H groups in total. The van der Waals surface area contributed by atoms with Gasteiger partial charge < -0.3 is 145 Å². The predicted octanol–water partition coefficient (Wildman–Crippen LogP) is 8.07. The lowest BCUT2D eigenvalue weighted by Crippen LogP contribution is -2.45. The van der Waals surface area contributed by atoms with Gasteiger partial charge in [0.2, 0.25) is 29.5 Å². The molecular formula is C109H155Cl3N16O18. The number of rotatable bonds is 29. The quantitative estimate of drug-likeness (QED) is 0.0211. The molecule has 9 aliphatic rings. The molecule has 8 aromatic rings. The van der Waals surface area contributed by atoms with Gasteiger partial charge in [0.25, 0.3) is 0 Å². The topological polar surface area (TPSA) is 527 Å². The summed E-state index contributed by atoms with van der Waals surface area (Å²) in [6.07, 6.45) is 8.26. The van der Waals surface area contributed by atoms with Gasteiger partial charge in [0.05, 0.1) is 55.8 Å². The molecule has 0 radical (unpaired) electrons. The highest BCUT2D eigenvalue weighted by molar-refractivity contribution is 6.42. The zero-order valence-corrected chi connectivity index (χ0v) is 86.6. The van der Waals surface area contributed by atoms with Crippen LogP contribution in [0, 0.1) is 6.92 Å². The molecule has 0 unspecified atom stereocenters. The summed E-state index contributed by atoms with van der Waals surface area (Å²) in [6.45, 7) is 20.4. The van der Waals surface area contributed by atoms with Crippen molar-refractivity contribution in [1.82, 2.24) is 39.2 Å². The number of likely N-dealkylation sites (tertiary alicyclic amines) is 7. The van der Waals surface area contributed by atoms with Gasteiger partial charge in [-0.25, -0.2) is 0 Å². The van der Waals surface area contributed by atoms with Crippen molar-refractivity contribution in [2.24, 2.45) is 45.9 Å². The van der Waals surface area contributed by atoms with E-state index in [4.69, 9.17) is 104 Å². The number of fused-ring (bicyclic) bond motifs is 1. The van der Waals surface area contributed by atoms with Crippen LogP contribution in [0.25, 0.3) is 0 Å². The van der Waals surface area contributed by atoms with E-state index in [9.17, 15) is 64.8 Å². The van der Waals surface area contributed by atoms with Crippen molar-refractivity contribution in [2.75, 3.05) is 165 Å². The maximum atomic E-state index is 12.1. The highest BCUT2D eigenvalue weighted by Crippen LogP contribution is 2.36. The number of halogens is 3. The number of ether oxygens (including phenoxy) is 5. The van der Waals surface area contributed by atoms with Crippen LogP contribution in [0.15, 0.2) is 194 Å². The monoisotopic (exact) mass is 2080 g/mol. The van der Waals surface area contributed by atoms with Crippen LogP contribution in [0.4, 0.5) is 0 Å². The van der Waals surface area contributed by atoms with Gasteiger partial charge in [-0.15, -0.1) is 0 Å². The molecule has 9 heterocycles. The van der Waals surface area contributed by atoms with E-state index in [1.54, 1.807) is 112 Å². The van der Waals surface area contributed by atoms with E-state index in [0.717, 1.165) is 216 Å². The number of amides is 5. The molecule has 16 atom stereocenters. The number of methoxy groups -OCH3 is 2. The molecular weight excluding hydrogens is 1930 g/mol. The van der Waals surface area contributed by atoms with Crippen molar-refractivity contribution in [3.63, 3.8) is 0 Å². The van der Waals surface area contributed by atoms with Gasteiger partial charge in [-0.1, -0.05) is 174 Å². The molecule has 8 fully saturated rings. The van der Waals surface area contributed by atoms with E-state index in [2.05, 4.69) is 14.7 Å². The maximum absolute atomic E-state index is 12.1. The summed E-state index contributed by atoms with van der Waals surface area (Å²) in [7, 11) is 3.21. The van der Waals surface area contributed by atoms with E-state index in [0.29, 0.717) is 87.2 Å². The Labute approximate surface area is 874 Å². The summed E-state index contributed by atoms with van der Waals surface area (Å²) >= 11 is 17.5. The van der Waals surface area contributed by atoms with Gasteiger partial charge in [0.15, 0.2) is 11.5 Å². The second-order valence-corrected chi connectivity index (χ2v) is 39.4. The third kappa shape index (κ3) is 36.4. The molecule has 34 nitrogen and oxygen atoms in total. The molecule has 0 aliphatic carbocycles. The molecule has 9 aliphatic heterocycles. The third-order valence-corrected chi connectivity index (χ3v) is 28.4. The second-order valence-electron chi connectivity index (χ2n) is 38.2. The molecule has 146 heavy (non-hydrogen) atoms. The second kappa shape index (κ2) is 61.5. The first-order valence-electron chi connectivity index (χ1n) is 51.0. The Morgan fingerprint density at radius 3 is 0.870 bits per heavy atom. The molecule has 5 amide bonds. The summed E-state index contributed by atoms with van der Waals surface area (Å²) in [4.78, 5) is 75.8. The Hall–Kier alpha value is -9.62. The summed E-state index contributed by atoms with van der Waals surface area (Å²) < 4.78 is 26.4. The van der Waals surface area contributed by atoms with E-state index in [-0.39, 0.29) is 47.7 Å². The van der Waals surface area contributed by atoms with Crippen LogP contribution >= 0.6 is 34.8 Å². The molecule has 17 rings (SSSR count). The maximum Gasteiger partial charge on any atom is 0.242 e. The number of aryl methyl sites for hydroxylation is 1. The summed E-state index contributed by atoms with van der Waals surface area (Å²) in [5.74, 6) is 2.03. The van der Waals surface area contributed by atoms with Crippen LogP contribution in [0.5, 0.6) is 23.0 Å². The number of aliphatic hydroxyl groups excluding tert-OH is 8. The third-order valence-electron chi connectivity index (χ3n) is 27.4. The molecule has 0 bridgehead atoms. The Balaban J connectivity index is 0.000000171. The van der Waals surface area contributed by atoms with Gasteiger partial charge in [0, 0.05) is 121 Å². The molecule has 0 spiro atoms.